The van der Waals surface area contributed by atoms with Crippen molar-refractivity contribution in [3.63, 3.8) is 0 Å². The van der Waals surface area contributed by atoms with Crippen LogP contribution in [0.2, 0.25) is 0 Å². The molecule has 0 radical (unpaired) electrons. The minimum absolute atomic E-state index is 0.169. The molecule has 0 spiro atoms. The smallest absolute Gasteiger partial charge is 0.272 e. The van der Waals surface area contributed by atoms with Gasteiger partial charge in [0.25, 0.3) is 5.91 Å². The van der Waals surface area contributed by atoms with Gasteiger partial charge in [-0.05, 0) is 36.4 Å². The normalized spacial score (nSPS) is 10.3. The maximum atomic E-state index is 11.8. The molecule has 0 aliphatic carbocycles. The van der Waals surface area contributed by atoms with Crippen LogP contribution >= 0.6 is 0 Å². The van der Waals surface area contributed by atoms with Gasteiger partial charge >= 0.3 is 0 Å². The summed E-state index contributed by atoms with van der Waals surface area (Å²) < 4.78 is 5.20. The van der Waals surface area contributed by atoms with Crippen molar-refractivity contribution in [1.29, 1.82) is 0 Å². The zero-order valence-electron chi connectivity index (χ0n) is 9.96. The topological polar surface area (TPSA) is 70.9 Å². The van der Waals surface area contributed by atoms with Gasteiger partial charge in [-0.2, -0.15) is 0 Å². The third kappa shape index (κ3) is 2.40. The van der Waals surface area contributed by atoms with E-state index in [1.807, 2.05) is 24.3 Å². The van der Waals surface area contributed by atoms with E-state index < -0.39 is 0 Å². The lowest BCUT2D eigenvalue weighted by atomic mass is 10.1. The minimum Gasteiger partial charge on any atom is -0.444 e. The molecular weight excluding hydrogens is 242 g/mol. The maximum absolute atomic E-state index is 11.8. The van der Waals surface area contributed by atoms with Crippen molar-refractivity contribution in [2.75, 3.05) is 5.32 Å². The molecule has 1 amide bonds. The van der Waals surface area contributed by atoms with Gasteiger partial charge in [-0.15, -0.1) is 0 Å². The predicted octanol–water partition coefficient (Wildman–Crippen LogP) is 2.92. The van der Waals surface area contributed by atoms with Gasteiger partial charge in [-0.1, -0.05) is 0 Å². The molecule has 94 valence electrons. The number of anilines is 1. The summed E-state index contributed by atoms with van der Waals surface area (Å²) in [7, 11) is 0. The Morgan fingerprint density at radius 1 is 1.21 bits per heavy atom. The maximum Gasteiger partial charge on any atom is 0.272 e. The molecule has 2 heterocycles. The number of nitrogens with zero attached hydrogens (tertiary/aromatic N) is 1. The van der Waals surface area contributed by atoms with Crippen LogP contribution in [0.4, 0.5) is 5.69 Å². The number of carbonyl (C=O) groups is 1. The average molecular weight is 253 g/mol. The van der Waals surface area contributed by atoms with Gasteiger partial charge in [0.15, 0.2) is 12.2 Å². The first-order valence-electron chi connectivity index (χ1n) is 5.76. The fourth-order valence-corrected chi connectivity index (χ4v) is 1.75. The third-order valence-corrected chi connectivity index (χ3v) is 2.70. The number of benzene rings is 1. The van der Waals surface area contributed by atoms with Gasteiger partial charge in [0.1, 0.15) is 5.69 Å². The van der Waals surface area contributed by atoms with Crippen molar-refractivity contribution in [1.82, 2.24) is 9.97 Å². The number of H-pyrrole nitrogens is 1. The Hall–Kier alpha value is -2.82. The number of oxazole rings is 1. The number of rotatable bonds is 3. The summed E-state index contributed by atoms with van der Waals surface area (Å²) in [5.74, 6) is 0.527. The molecule has 0 fully saturated rings. The van der Waals surface area contributed by atoms with Gasteiger partial charge < -0.3 is 14.7 Å². The van der Waals surface area contributed by atoms with Crippen molar-refractivity contribution >= 4 is 11.6 Å². The number of carbonyl (C=O) groups excluding carboxylic acids is 1. The number of aromatic amines is 1. The molecule has 19 heavy (non-hydrogen) atoms. The number of hydrogen-bond acceptors (Lipinski definition) is 3. The Morgan fingerprint density at radius 2 is 2.05 bits per heavy atom. The largest absolute Gasteiger partial charge is 0.444 e. The van der Waals surface area contributed by atoms with E-state index in [0.717, 1.165) is 11.3 Å². The van der Waals surface area contributed by atoms with Crippen molar-refractivity contribution in [2.45, 2.75) is 0 Å². The molecule has 3 rings (SSSR count). The molecule has 1 aromatic carbocycles. The van der Waals surface area contributed by atoms with Crippen LogP contribution in [0.15, 0.2) is 59.6 Å². The molecule has 3 aromatic rings. The number of amides is 1. The molecule has 0 bridgehead atoms. The van der Waals surface area contributed by atoms with Crippen molar-refractivity contribution in [3.8, 4) is 11.3 Å². The summed E-state index contributed by atoms with van der Waals surface area (Å²) in [6.45, 7) is 0. The van der Waals surface area contributed by atoms with E-state index >= 15 is 0 Å². The first kappa shape index (κ1) is 11.3. The molecular formula is C14H11N3O2. The number of aromatic nitrogens is 2. The molecule has 0 aliphatic heterocycles. The second kappa shape index (κ2) is 4.81. The molecule has 0 aliphatic rings. The molecule has 0 atom stereocenters. The highest BCUT2D eigenvalue weighted by Crippen LogP contribution is 2.20. The first-order valence-corrected chi connectivity index (χ1v) is 5.76. The molecule has 0 saturated carbocycles. The monoisotopic (exact) mass is 253 g/mol. The molecule has 2 N–H and O–H groups in total. The Kier molecular flexibility index (Phi) is 2.86. The third-order valence-electron chi connectivity index (χ3n) is 2.70. The Bertz CT molecular complexity index is 655. The summed E-state index contributed by atoms with van der Waals surface area (Å²) in [5, 5.41) is 2.80. The highest BCUT2D eigenvalue weighted by molar-refractivity contribution is 6.02. The SMILES string of the molecule is O=C(Nc1ccc(-c2cnco2)cc1)c1ccc[nH]1. The molecule has 0 saturated heterocycles. The van der Waals surface area contributed by atoms with Crippen LogP contribution in [0.25, 0.3) is 11.3 Å². The fraction of sp³-hybridized carbons (Fsp3) is 0. The second-order valence-electron chi connectivity index (χ2n) is 3.98. The van der Waals surface area contributed by atoms with Crippen molar-refractivity contribution in [2.24, 2.45) is 0 Å². The lowest BCUT2D eigenvalue weighted by Gasteiger charge is -2.04. The Labute approximate surface area is 109 Å². The lowest BCUT2D eigenvalue weighted by molar-refractivity contribution is 0.102. The standard InChI is InChI=1S/C14H11N3O2/c18-14(12-2-1-7-16-12)17-11-5-3-10(4-6-11)13-8-15-9-19-13/h1-9,16H,(H,17,18). The van der Waals surface area contributed by atoms with Crippen LogP contribution < -0.4 is 5.32 Å². The van der Waals surface area contributed by atoms with Crippen molar-refractivity contribution in [3.05, 3.63) is 60.9 Å². The molecule has 0 unspecified atom stereocenters. The van der Waals surface area contributed by atoms with Crippen LogP contribution in [0.1, 0.15) is 10.5 Å². The highest BCUT2D eigenvalue weighted by Gasteiger charge is 2.07. The fourth-order valence-electron chi connectivity index (χ4n) is 1.75. The molecule has 5 heteroatoms. The summed E-state index contributed by atoms with van der Waals surface area (Å²) in [6.07, 6.45) is 4.74. The first-order chi connectivity index (χ1) is 9.33. The van der Waals surface area contributed by atoms with E-state index in [0.29, 0.717) is 11.5 Å². The van der Waals surface area contributed by atoms with Crippen molar-refractivity contribution < 1.29 is 9.21 Å². The quantitative estimate of drug-likeness (QED) is 0.753. The predicted molar refractivity (Wildman–Crippen MR) is 70.7 cm³/mol. The van der Waals surface area contributed by atoms with Crippen LogP contribution in [0.3, 0.4) is 0 Å². The van der Waals surface area contributed by atoms with Crippen LogP contribution in [-0.2, 0) is 0 Å². The highest BCUT2D eigenvalue weighted by atomic mass is 16.3. The number of nitrogens with one attached hydrogen (secondary N) is 2. The summed E-state index contributed by atoms with van der Waals surface area (Å²) in [6, 6.07) is 10.9. The van der Waals surface area contributed by atoms with Crippen LogP contribution in [-0.4, -0.2) is 15.9 Å². The van der Waals surface area contributed by atoms with Crippen LogP contribution in [0.5, 0.6) is 0 Å². The van der Waals surface area contributed by atoms with Gasteiger partial charge in [0.05, 0.1) is 6.20 Å². The minimum atomic E-state index is -0.169. The molecule has 2 aromatic heterocycles. The van der Waals surface area contributed by atoms with Crippen LogP contribution in [0, 0.1) is 0 Å². The molecule has 5 nitrogen and oxygen atoms in total. The zero-order valence-corrected chi connectivity index (χ0v) is 9.96. The summed E-state index contributed by atoms with van der Waals surface area (Å²) in [5.41, 5.74) is 2.16. The number of hydrogen-bond donors (Lipinski definition) is 2. The second-order valence-corrected chi connectivity index (χ2v) is 3.98. The zero-order chi connectivity index (χ0) is 13.1. The van der Waals surface area contributed by atoms with E-state index in [4.69, 9.17) is 4.42 Å². The lowest BCUT2D eigenvalue weighted by Crippen LogP contribution is -2.11. The Balaban J connectivity index is 1.75. The summed E-state index contributed by atoms with van der Waals surface area (Å²) >= 11 is 0. The van der Waals surface area contributed by atoms with Gasteiger partial charge in [-0.3, -0.25) is 4.79 Å². The van der Waals surface area contributed by atoms with Gasteiger partial charge in [0, 0.05) is 17.4 Å². The summed E-state index contributed by atoms with van der Waals surface area (Å²) in [4.78, 5) is 18.5. The van der Waals surface area contributed by atoms with E-state index in [1.165, 1.54) is 6.39 Å². The van der Waals surface area contributed by atoms with E-state index in [1.54, 1.807) is 24.5 Å². The van der Waals surface area contributed by atoms with E-state index in [2.05, 4.69) is 15.3 Å². The average Bonchev–Trinajstić information content (AvgIpc) is 3.13. The Morgan fingerprint density at radius 3 is 2.68 bits per heavy atom. The van der Waals surface area contributed by atoms with E-state index in [-0.39, 0.29) is 5.91 Å². The van der Waals surface area contributed by atoms with Gasteiger partial charge in [-0.25, -0.2) is 4.98 Å². The van der Waals surface area contributed by atoms with Gasteiger partial charge in [0.2, 0.25) is 0 Å². The van der Waals surface area contributed by atoms with E-state index in [9.17, 15) is 4.79 Å².